The summed E-state index contributed by atoms with van der Waals surface area (Å²) in [5, 5.41) is 11.9. The number of nitrogens with zero attached hydrogens (tertiary/aromatic N) is 1. The topological polar surface area (TPSA) is 80.7 Å². The summed E-state index contributed by atoms with van der Waals surface area (Å²) >= 11 is 0. The summed E-state index contributed by atoms with van der Waals surface area (Å²) in [6.07, 6.45) is 0. The zero-order valence-corrected chi connectivity index (χ0v) is 13.0. The highest BCUT2D eigenvalue weighted by Gasteiger charge is 2.07. The Labute approximate surface area is 135 Å². The highest BCUT2D eigenvalue weighted by molar-refractivity contribution is 5.94. The van der Waals surface area contributed by atoms with Crippen LogP contribution in [0.1, 0.15) is 21.7 Å². The number of carbonyl (C=O) groups excluding carboxylic acids is 1. The van der Waals surface area contributed by atoms with Crippen molar-refractivity contribution in [1.82, 2.24) is 10.3 Å². The van der Waals surface area contributed by atoms with Gasteiger partial charge in [0, 0.05) is 12.7 Å². The third-order valence-corrected chi connectivity index (χ3v) is 3.11. The number of rotatable bonds is 8. The Morgan fingerprint density at radius 3 is 2.74 bits per heavy atom. The number of aromatic nitrogens is 1. The lowest BCUT2D eigenvalue weighted by Crippen LogP contribution is -2.23. The Morgan fingerprint density at radius 1 is 1.17 bits per heavy atom. The molecule has 1 amide bonds. The molecule has 0 saturated carbocycles. The molecule has 0 unspecified atom stereocenters. The maximum Gasteiger partial charge on any atom is 0.251 e. The van der Waals surface area contributed by atoms with Gasteiger partial charge in [0.25, 0.3) is 5.91 Å². The van der Waals surface area contributed by atoms with E-state index in [-0.39, 0.29) is 12.5 Å². The van der Waals surface area contributed by atoms with E-state index in [0.717, 1.165) is 0 Å². The van der Waals surface area contributed by atoms with Crippen molar-refractivity contribution in [3.63, 3.8) is 0 Å². The number of amides is 1. The molecule has 0 aliphatic rings. The number of ether oxygens (including phenoxy) is 2. The molecule has 2 rings (SSSR count). The Hall–Kier alpha value is -2.44. The van der Waals surface area contributed by atoms with Crippen LogP contribution in [0.25, 0.3) is 0 Å². The van der Waals surface area contributed by atoms with Gasteiger partial charge in [0.1, 0.15) is 12.4 Å². The minimum atomic E-state index is -0.210. The fourth-order valence-electron chi connectivity index (χ4n) is 1.96. The highest BCUT2D eigenvalue weighted by atomic mass is 16.5. The van der Waals surface area contributed by atoms with Crippen LogP contribution in [0.5, 0.6) is 5.75 Å². The lowest BCUT2D eigenvalue weighted by molar-refractivity contribution is 0.0949. The zero-order chi connectivity index (χ0) is 16.5. The molecule has 1 aromatic carbocycles. The molecule has 0 atom stereocenters. The van der Waals surface area contributed by atoms with E-state index in [9.17, 15) is 4.79 Å². The molecular formula is C17H20N2O4. The quantitative estimate of drug-likeness (QED) is 0.722. The van der Waals surface area contributed by atoms with E-state index in [1.54, 1.807) is 49.6 Å². The van der Waals surface area contributed by atoms with Crippen molar-refractivity contribution in [3.05, 3.63) is 59.4 Å². The van der Waals surface area contributed by atoms with Crippen LogP contribution in [0, 0.1) is 0 Å². The number of methoxy groups -OCH3 is 1. The molecule has 122 valence electrons. The third kappa shape index (κ3) is 5.36. The molecule has 0 aliphatic carbocycles. The van der Waals surface area contributed by atoms with Gasteiger partial charge in [-0.3, -0.25) is 9.78 Å². The summed E-state index contributed by atoms with van der Waals surface area (Å²) < 4.78 is 10.4. The van der Waals surface area contributed by atoms with E-state index in [4.69, 9.17) is 14.6 Å². The van der Waals surface area contributed by atoms with Crippen LogP contribution in [-0.2, 0) is 17.9 Å². The second kappa shape index (κ2) is 8.87. The van der Waals surface area contributed by atoms with Crippen molar-refractivity contribution in [2.75, 3.05) is 20.3 Å². The SMILES string of the molecule is COCCOc1cccc(C(=O)NCc2cccc(CO)n2)c1. The van der Waals surface area contributed by atoms with E-state index in [0.29, 0.717) is 42.5 Å². The number of aliphatic hydroxyl groups is 1. The second-order valence-corrected chi connectivity index (χ2v) is 4.83. The lowest BCUT2D eigenvalue weighted by atomic mass is 10.2. The van der Waals surface area contributed by atoms with Gasteiger partial charge in [-0.2, -0.15) is 0 Å². The Kier molecular flexibility index (Phi) is 6.53. The van der Waals surface area contributed by atoms with Crippen LogP contribution in [0.4, 0.5) is 0 Å². The molecule has 2 N–H and O–H groups in total. The first kappa shape index (κ1) is 16.9. The van der Waals surface area contributed by atoms with Gasteiger partial charge in [-0.05, 0) is 30.3 Å². The van der Waals surface area contributed by atoms with Crippen molar-refractivity contribution in [1.29, 1.82) is 0 Å². The summed E-state index contributed by atoms with van der Waals surface area (Å²) in [6.45, 7) is 1.09. The largest absolute Gasteiger partial charge is 0.491 e. The number of nitrogens with one attached hydrogen (secondary N) is 1. The van der Waals surface area contributed by atoms with Crippen LogP contribution in [-0.4, -0.2) is 36.3 Å². The second-order valence-electron chi connectivity index (χ2n) is 4.83. The third-order valence-electron chi connectivity index (χ3n) is 3.11. The predicted octanol–water partition coefficient (Wildman–Crippen LogP) is 1.53. The van der Waals surface area contributed by atoms with Crippen LogP contribution in [0.3, 0.4) is 0 Å². The van der Waals surface area contributed by atoms with E-state index in [2.05, 4.69) is 10.3 Å². The normalized spacial score (nSPS) is 10.3. The van der Waals surface area contributed by atoms with Gasteiger partial charge in [-0.25, -0.2) is 0 Å². The molecular weight excluding hydrogens is 296 g/mol. The number of benzene rings is 1. The standard InChI is InChI=1S/C17H20N2O4/c1-22-8-9-23-16-7-2-4-13(10-16)17(21)18-11-14-5-3-6-15(12-20)19-14/h2-7,10,20H,8-9,11-12H2,1H3,(H,18,21). The molecule has 0 saturated heterocycles. The Balaban J connectivity index is 1.93. The molecule has 0 radical (unpaired) electrons. The van der Waals surface area contributed by atoms with Gasteiger partial charge < -0.3 is 19.9 Å². The van der Waals surface area contributed by atoms with E-state index in [1.807, 2.05) is 0 Å². The molecule has 6 heteroatoms. The predicted molar refractivity (Wildman–Crippen MR) is 85.1 cm³/mol. The van der Waals surface area contributed by atoms with Crippen molar-refractivity contribution in [2.24, 2.45) is 0 Å². The number of hydrogen-bond acceptors (Lipinski definition) is 5. The number of hydrogen-bond donors (Lipinski definition) is 2. The molecule has 0 bridgehead atoms. The molecule has 0 fully saturated rings. The highest BCUT2D eigenvalue weighted by Crippen LogP contribution is 2.13. The van der Waals surface area contributed by atoms with Crippen LogP contribution < -0.4 is 10.1 Å². The summed E-state index contributed by atoms with van der Waals surface area (Å²) in [4.78, 5) is 16.4. The fourth-order valence-corrected chi connectivity index (χ4v) is 1.96. The molecule has 2 aromatic rings. The van der Waals surface area contributed by atoms with Crippen LogP contribution in [0.15, 0.2) is 42.5 Å². The van der Waals surface area contributed by atoms with Crippen molar-refractivity contribution >= 4 is 5.91 Å². The average Bonchev–Trinajstić information content (AvgIpc) is 2.60. The minimum Gasteiger partial charge on any atom is -0.491 e. The van der Waals surface area contributed by atoms with Gasteiger partial charge in [-0.15, -0.1) is 0 Å². The van der Waals surface area contributed by atoms with Crippen LogP contribution >= 0.6 is 0 Å². The molecule has 0 aliphatic heterocycles. The number of carbonyl (C=O) groups is 1. The van der Waals surface area contributed by atoms with E-state index >= 15 is 0 Å². The lowest BCUT2D eigenvalue weighted by Gasteiger charge is -2.09. The maximum atomic E-state index is 12.2. The monoisotopic (exact) mass is 316 g/mol. The molecule has 1 aromatic heterocycles. The molecule has 6 nitrogen and oxygen atoms in total. The van der Waals surface area contributed by atoms with Crippen molar-refractivity contribution < 1.29 is 19.4 Å². The zero-order valence-electron chi connectivity index (χ0n) is 13.0. The Bertz CT molecular complexity index is 646. The van der Waals surface area contributed by atoms with E-state index in [1.165, 1.54) is 0 Å². The smallest absolute Gasteiger partial charge is 0.251 e. The van der Waals surface area contributed by atoms with Gasteiger partial charge in [0.05, 0.1) is 31.1 Å². The maximum absolute atomic E-state index is 12.2. The fraction of sp³-hybridized carbons (Fsp3) is 0.294. The summed E-state index contributed by atoms with van der Waals surface area (Å²) in [7, 11) is 1.60. The molecule has 0 spiro atoms. The first-order valence-electron chi connectivity index (χ1n) is 7.28. The summed E-state index contributed by atoms with van der Waals surface area (Å²) in [6, 6.07) is 12.3. The minimum absolute atomic E-state index is 0.122. The average molecular weight is 316 g/mol. The van der Waals surface area contributed by atoms with Gasteiger partial charge >= 0.3 is 0 Å². The molecule has 1 heterocycles. The van der Waals surface area contributed by atoms with Gasteiger partial charge in [0.15, 0.2) is 0 Å². The van der Waals surface area contributed by atoms with Gasteiger partial charge in [-0.1, -0.05) is 12.1 Å². The number of aliphatic hydroxyl groups excluding tert-OH is 1. The van der Waals surface area contributed by atoms with Gasteiger partial charge in [0.2, 0.25) is 0 Å². The molecule has 23 heavy (non-hydrogen) atoms. The van der Waals surface area contributed by atoms with Crippen molar-refractivity contribution in [2.45, 2.75) is 13.2 Å². The summed E-state index contributed by atoms with van der Waals surface area (Å²) in [5.41, 5.74) is 1.78. The van der Waals surface area contributed by atoms with Crippen LogP contribution in [0.2, 0.25) is 0 Å². The number of pyridine rings is 1. The summed E-state index contributed by atoms with van der Waals surface area (Å²) in [5.74, 6) is 0.411. The van der Waals surface area contributed by atoms with E-state index < -0.39 is 0 Å². The van der Waals surface area contributed by atoms with Crippen molar-refractivity contribution in [3.8, 4) is 5.75 Å². The Morgan fingerprint density at radius 2 is 1.96 bits per heavy atom. The first-order valence-corrected chi connectivity index (χ1v) is 7.28. The first-order chi connectivity index (χ1) is 11.2.